The number of nitro benzene ring substituents is 1. The zero-order chi connectivity index (χ0) is 37.5. The molecule has 7 aromatic rings. The second-order valence-corrected chi connectivity index (χ2v) is 13.1. The van der Waals surface area contributed by atoms with E-state index in [-0.39, 0.29) is 5.69 Å². The number of methoxy groups -OCH3 is 1. The predicted octanol–water partition coefficient (Wildman–Crippen LogP) is 11.0. The smallest absolute Gasteiger partial charge is 0.337 e. The molecule has 3 aromatic heterocycles. The van der Waals surface area contributed by atoms with Crippen molar-refractivity contribution in [3.63, 3.8) is 0 Å². The molecule has 2 N–H and O–H groups in total. The van der Waals surface area contributed by atoms with Crippen molar-refractivity contribution in [3.05, 3.63) is 172 Å². The van der Waals surface area contributed by atoms with Gasteiger partial charge in [-0.3, -0.25) is 10.1 Å². The van der Waals surface area contributed by atoms with E-state index < -0.39 is 10.9 Å². The Balaban J connectivity index is 1.43. The SMILES string of the molecule is COC(=O)c1ccc(-c2c3nc(c(-c4ccccc4)c4ccc([nH]4)c(-c4ccc([N+](=O)[O-])cc4)c4nc(c(-c5ccccc5)c5ccc2[nH]5)C=C4)C=C3)cc1. The predicted molar refractivity (Wildman–Crippen MR) is 219 cm³/mol. The summed E-state index contributed by atoms with van der Waals surface area (Å²) < 4.78 is 4.97. The molecular formula is C46H31N5O4. The Morgan fingerprint density at radius 3 is 1.20 bits per heavy atom. The quantitative estimate of drug-likeness (QED) is 0.100. The lowest BCUT2D eigenvalue weighted by molar-refractivity contribution is -0.384. The van der Waals surface area contributed by atoms with Crippen molar-refractivity contribution in [2.45, 2.75) is 0 Å². The first-order valence-corrected chi connectivity index (χ1v) is 17.7. The summed E-state index contributed by atoms with van der Waals surface area (Å²) in [5.41, 5.74) is 13.8. The Labute approximate surface area is 315 Å². The number of rotatable bonds is 6. The molecule has 0 unspecified atom stereocenters. The minimum absolute atomic E-state index is 0.0106. The molecule has 0 spiro atoms. The van der Waals surface area contributed by atoms with Crippen LogP contribution in [0.5, 0.6) is 0 Å². The highest BCUT2D eigenvalue weighted by atomic mass is 16.6. The fourth-order valence-corrected chi connectivity index (χ4v) is 7.27. The molecule has 0 amide bonds. The Morgan fingerprint density at radius 1 is 0.509 bits per heavy atom. The minimum Gasteiger partial charge on any atom is -0.465 e. The third kappa shape index (κ3) is 6.09. The van der Waals surface area contributed by atoms with Gasteiger partial charge in [0.1, 0.15) is 0 Å². The first-order valence-electron chi connectivity index (χ1n) is 17.7. The van der Waals surface area contributed by atoms with E-state index in [1.807, 2.05) is 91.0 Å². The van der Waals surface area contributed by atoms with Crippen molar-refractivity contribution in [1.82, 2.24) is 19.9 Å². The molecule has 5 heterocycles. The summed E-state index contributed by atoms with van der Waals surface area (Å²) >= 11 is 0. The maximum absolute atomic E-state index is 12.4. The number of esters is 1. The molecule has 0 radical (unpaired) electrons. The van der Waals surface area contributed by atoms with Crippen LogP contribution in [0.15, 0.2) is 133 Å². The second kappa shape index (κ2) is 13.7. The average molecular weight is 718 g/mol. The Kier molecular flexibility index (Phi) is 8.28. The molecule has 264 valence electrons. The monoisotopic (exact) mass is 717 g/mol. The van der Waals surface area contributed by atoms with E-state index in [4.69, 9.17) is 14.7 Å². The van der Waals surface area contributed by atoms with E-state index >= 15 is 0 Å². The zero-order valence-electron chi connectivity index (χ0n) is 29.5. The number of aromatic amines is 2. The Hall–Kier alpha value is -7.65. The number of H-pyrrole nitrogens is 2. The molecule has 0 saturated heterocycles. The van der Waals surface area contributed by atoms with Crippen LogP contribution in [0.1, 0.15) is 33.1 Å². The fraction of sp³-hybridized carbons (Fsp3) is 0.0217. The molecule has 9 nitrogen and oxygen atoms in total. The highest BCUT2D eigenvalue weighted by molar-refractivity contribution is 6.00. The number of nitrogens with one attached hydrogen (secondary N) is 2. The van der Waals surface area contributed by atoms with Crippen molar-refractivity contribution in [1.29, 1.82) is 0 Å². The molecule has 2 aliphatic heterocycles. The van der Waals surface area contributed by atoms with Crippen molar-refractivity contribution in [3.8, 4) is 44.5 Å². The number of ether oxygens (including phenoxy) is 1. The third-order valence-corrected chi connectivity index (χ3v) is 9.84. The Morgan fingerprint density at radius 2 is 0.855 bits per heavy atom. The number of non-ortho nitro benzene ring substituents is 1. The molecule has 0 saturated carbocycles. The summed E-state index contributed by atoms with van der Waals surface area (Å²) in [4.78, 5) is 41.5. The van der Waals surface area contributed by atoms with E-state index in [9.17, 15) is 14.9 Å². The van der Waals surface area contributed by atoms with Gasteiger partial charge in [-0.2, -0.15) is 0 Å². The number of carbonyl (C=O) groups is 1. The number of benzene rings is 4. The van der Waals surface area contributed by atoms with Crippen molar-refractivity contribution >= 4 is 58.0 Å². The van der Waals surface area contributed by atoms with Crippen molar-refractivity contribution in [2.24, 2.45) is 0 Å². The summed E-state index contributed by atoms with van der Waals surface area (Å²) in [5, 5.41) is 11.6. The van der Waals surface area contributed by atoms with Gasteiger partial charge in [0.05, 0.1) is 40.4 Å². The first kappa shape index (κ1) is 33.2. The molecule has 0 aliphatic carbocycles. The van der Waals surface area contributed by atoms with Crippen LogP contribution in [0.4, 0.5) is 5.69 Å². The van der Waals surface area contributed by atoms with E-state index in [0.29, 0.717) is 11.3 Å². The number of fused-ring (bicyclic) bond motifs is 8. The summed E-state index contributed by atoms with van der Waals surface area (Å²) in [5.74, 6) is -0.407. The molecule has 4 aromatic carbocycles. The van der Waals surface area contributed by atoms with Crippen LogP contribution >= 0.6 is 0 Å². The summed E-state index contributed by atoms with van der Waals surface area (Å²) in [6.45, 7) is 0. The van der Waals surface area contributed by atoms with Gasteiger partial charge in [0.2, 0.25) is 0 Å². The third-order valence-electron chi connectivity index (χ3n) is 9.84. The fourth-order valence-electron chi connectivity index (χ4n) is 7.27. The topological polar surface area (TPSA) is 127 Å². The van der Waals surface area contributed by atoms with E-state index in [1.165, 1.54) is 19.2 Å². The van der Waals surface area contributed by atoms with Gasteiger partial charge in [-0.25, -0.2) is 14.8 Å². The number of hydrogen-bond donors (Lipinski definition) is 2. The van der Waals surface area contributed by atoms with Crippen LogP contribution in [-0.2, 0) is 4.74 Å². The summed E-state index contributed by atoms with van der Waals surface area (Å²) in [6, 6.07) is 42.3. The van der Waals surface area contributed by atoms with Crippen LogP contribution in [0, 0.1) is 10.1 Å². The van der Waals surface area contributed by atoms with Gasteiger partial charge in [0.25, 0.3) is 5.69 Å². The van der Waals surface area contributed by atoms with E-state index in [2.05, 4.69) is 40.3 Å². The van der Waals surface area contributed by atoms with Gasteiger partial charge in [-0.15, -0.1) is 0 Å². The van der Waals surface area contributed by atoms with Gasteiger partial charge in [-0.1, -0.05) is 72.8 Å². The molecular weight excluding hydrogens is 687 g/mol. The van der Waals surface area contributed by atoms with Crippen LogP contribution in [0.3, 0.4) is 0 Å². The summed E-state index contributed by atoms with van der Waals surface area (Å²) in [6.07, 6.45) is 8.04. The lowest BCUT2D eigenvalue weighted by atomic mass is 10.0. The maximum atomic E-state index is 12.4. The highest BCUT2D eigenvalue weighted by Crippen LogP contribution is 2.38. The Bertz CT molecular complexity index is 2830. The highest BCUT2D eigenvalue weighted by Gasteiger charge is 2.19. The number of carbonyl (C=O) groups excluding carboxylic acids is 1. The normalized spacial score (nSPS) is 11.8. The molecule has 9 heteroatoms. The number of aromatic nitrogens is 4. The molecule has 9 rings (SSSR count). The first-order chi connectivity index (χ1) is 26.9. The zero-order valence-corrected chi connectivity index (χ0v) is 29.5. The van der Waals surface area contributed by atoms with E-state index in [0.717, 1.165) is 83.7 Å². The van der Waals surface area contributed by atoms with Crippen molar-refractivity contribution in [2.75, 3.05) is 7.11 Å². The molecule has 0 fully saturated rings. The van der Waals surface area contributed by atoms with Crippen LogP contribution in [0.25, 0.3) is 90.9 Å². The molecule has 2 aliphatic rings. The molecule has 0 atom stereocenters. The maximum Gasteiger partial charge on any atom is 0.337 e. The van der Waals surface area contributed by atoms with E-state index in [1.54, 1.807) is 24.3 Å². The average Bonchev–Trinajstić information content (AvgIpc) is 4.07. The van der Waals surface area contributed by atoms with Crippen LogP contribution in [0.2, 0.25) is 0 Å². The number of nitrogens with zero attached hydrogens (tertiary/aromatic N) is 3. The van der Waals surface area contributed by atoms with Gasteiger partial charge in [-0.05, 0) is 95.1 Å². The minimum atomic E-state index is -0.407. The second-order valence-electron chi connectivity index (χ2n) is 13.1. The van der Waals surface area contributed by atoms with Crippen LogP contribution in [-0.4, -0.2) is 37.9 Å². The van der Waals surface area contributed by atoms with Gasteiger partial charge in [0.15, 0.2) is 0 Å². The number of nitro groups is 1. The molecule has 55 heavy (non-hydrogen) atoms. The largest absolute Gasteiger partial charge is 0.465 e. The lowest BCUT2D eigenvalue weighted by Crippen LogP contribution is -2.00. The van der Waals surface area contributed by atoms with Crippen molar-refractivity contribution < 1.29 is 14.5 Å². The number of hydrogen-bond acceptors (Lipinski definition) is 6. The standard InChI is InChI=1S/C46H31N5O4/c1-55-46(52)32-14-12-30(13-15-32)44-38-24-20-34(47-38)42(28-8-4-2-5-9-28)36-22-26-40(49-36)45(31-16-18-33(19-17-31)51(53)54)41-27-23-37(50-41)43(29-10-6-3-7-11-29)35-21-25-39(44)48-35/h2-27,47,50H,1H3. The van der Waals surface area contributed by atoms with Crippen LogP contribution < -0.4 is 0 Å². The van der Waals surface area contributed by atoms with Gasteiger partial charge >= 0.3 is 5.97 Å². The lowest BCUT2D eigenvalue weighted by Gasteiger charge is -2.07. The molecule has 8 bridgehead atoms. The van der Waals surface area contributed by atoms with Gasteiger partial charge < -0.3 is 14.7 Å². The van der Waals surface area contributed by atoms with Gasteiger partial charge in [0, 0.05) is 56.5 Å². The summed E-state index contributed by atoms with van der Waals surface area (Å²) in [7, 11) is 1.37.